The number of aromatic nitrogens is 1. The van der Waals surface area contributed by atoms with Crippen LogP contribution < -0.4 is 10.1 Å². The van der Waals surface area contributed by atoms with Crippen LogP contribution in [0.3, 0.4) is 0 Å². The molecule has 0 saturated carbocycles. The second kappa shape index (κ2) is 6.53. The number of oxazole rings is 1. The van der Waals surface area contributed by atoms with E-state index in [0.29, 0.717) is 12.0 Å². The molecule has 16 heavy (non-hydrogen) atoms. The molecule has 1 unspecified atom stereocenters. The molecular formula is C12H22N2O2. The lowest BCUT2D eigenvalue weighted by molar-refractivity contribution is 0.142. The third-order valence-corrected chi connectivity index (χ3v) is 2.19. The Morgan fingerprint density at radius 2 is 2.19 bits per heavy atom. The van der Waals surface area contributed by atoms with Crippen LogP contribution in [-0.4, -0.2) is 17.6 Å². The second-order valence-electron chi connectivity index (χ2n) is 4.44. The van der Waals surface area contributed by atoms with Crippen molar-refractivity contribution >= 4 is 0 Å². The van der Waals surface area contributed by atoms with E-state index < -0.39 is 0 Å². The van der Waals surface area contributed by atoms with E-state index in [-0.39, 0.29) is 6.10 Å². The monoisotopic (exact) mass is 226 g/mol. The van der Waals surface area contributed by atoms with Crippen LogP contribution in [0, 0.1) is 5.92 Å². The molecule has 0 aliphatic heterocycles. The molecule has 0 spiro atoms. The van der Waals surface area contributed by atoms with Crippen molar-refractivity contribution in [3.63, 3.8) is 0 Å². The third kappa shape index (κ3) is 4.66. The van der Waals surface area contributed by atoms with E-state index in [1.165, 1.54) is 0 Å². The van der Waals surface area contributed by atoms with Crippen molar-refractivity contribution < 1.29 is 9.15 Å². The van der Waals surface area contributed by atoms with Gasteiger partial charge in [0.25, 0.3) is 0 Å². The van der Waals surface area contributed by atoms with Gasteiger partial charge < -0.3 is 14.5 Å². The number of hydrogen-bond donors (Lipinski definition) is 1. The summed E-state index contributed by atoms with van der Waals surface area (Å²) in [5, 5.41) is 3.19. The van der Waals surface area contributed by atoms with Crippen molar-refractivity contribution in [3.05, 3.63) is 12.0 Å². The Balaban J connectivity index is 2.39. The Labute approximate surface area is 97.4 Å². The SMILES string of the molecule is CCNCc1coc(OC(C)CC(C)C)n1. The lowest BCUT2D eigenvalue weighted by atomic mass is 10.1. The van der Waals surface area contributed by atoms with Gasteiger partial charge in [0, 0.05) is 6.54 Å². The highest BCUT2D eigenvalue weighted by Gasteiger charge is 2.11. The predicted molar refractivity (Wildman–Crippen MR) is 63.4 cm³/mol. The first-order valence-electron chi connectivity index (χ1n) is 5.93. The molecule has 0 amide bonds. The van der Waals surface area contributed by atoms with E-state index in [1.807, 2.05) is 6.92 Å². The van der Waals surface area contributed by atoms with Crippen molar-refractivity contribution in [2.75, 3.05) is 6.54 Å². The molecule has 1 atom stereocenters. The minimum Gasteiger partial charge on any atom is -0.447 e. The molecule has 1 N–H and O–H groups in total. The average molecular weight is 226 g/mol. The molecule has 0 saturated heterocycles. The van der Waals surface area contributed by atoms with Crippen LogP contribution >= 0.6 is 0 Å². The van der Waals surface area contributed by atoms with Crippen LogP contribution in [-0.2, 0) is 6.54 Å². The van der Waals surface area contributed by atoms with Gasteiger partial charge in [-0.05, 0) is 25.8 Å². The molecule has 4 nitrogen and oxygen atoms in total. The summed E-state index contributed by atoms with van der Waals surface area (Å²) in [5.74, 6) is 0.617. The molecule has 1 rings (SSSR count). The first-order valence-corrected chi connectivity index (χ1v) is 5.93. The van der Waals surface area contributed by atoms with E-state index in [9.17, 15) is 0 Å². The fraction of sp³-hybridized carbons (Fsp3) is 0.750. The first-order chi connectivity index (χ1) is 7.61. The quantitative estimate of drug-likeness (QED) is 0.776. The summed E-state index contributed by atoms with van der Waals surface area (Å²) in [7, 11) is 0. The summed E-state index contributed by atoms with van der Waals surface area (Å²) in [5.41, 5.74) is 0.883. The van der Waals surface area contributed by atoms with E-state index in [4.69, 9.17) is 9.15 Å². The maximum atomic E-state index is 5.58. The van der Waals surface area contributed by atoms with Crippen LogP contribution in [0.5, 0.6) is 6.08 Å². The number of nitrogens with one attached hydrogen (secondary N) is 1. The summed E-state index contributed by atoms with van der Waals surface area (Å²) in [6.45, 7) is 10.1. The fourth-order valence-electron chi connectivity index (χ4n) is 1.56. The molecule has 0 aromatic carbocycles. The van der Waals surface area contributed by atoms with E-state index >= 15 is 0 Å². The molecule has 1 aromatic rings. The average Bonchev–Trinajstić information content (AvgIpc) is 2.61. The van der Waals surface area contributed by atoms with E-state index in [1.54, 1.807) is 6.26 Å². The van der Waals surface area contributed by atoms with Gasteiger partial charge in [0.15, 0.2) is 0 Å². The molecule has 4 heteroatoms. The second-order valence-corrected chi connectivity index (χ2v) is 4.44. The van der Waals surface area contributed by atoms with Crippen molar-refractivity contribution in [3.8, 4) is 6.08 Å². The highest BCUT2D eigenvalue weighted by atomic mass is 16.6. The molecule has 92 valence electrons. The molecule has 0 bridgehead atoms. The van der Waals surface area contributed by atoms with Gasteiger partial charge >= 0.3 is 6.08 Å². The Hall–Kier alpha value is -1.03. The topological polar surface area (TPSA) is 47.3 Å². The van der Waals surface area contributed by atoms with Crippen molar-refractivity contribution in [2.45, 2.75) is 46.8 Å². The Morgan fingerprint density at radius 1 is 1.44 bits per heavy atom. The van der Waals surface area contributed by atoms with Gasteiger partial charge in [0.2, 0.25) is 0 Å². The fourth-order valence-corrected chi connectivity index (χ4v) is 1.56. The van der Waals surface area contributed by atoms with E-state index in [2.05, 4.69) is 31.1 Å². The molecule has 0 radical (unpaired) electrons. The lowest BCUT2D eigenvalue weighted by Crippen LogP contribution is -2.15. The van der Waals surface area contributed by atoms with Crippen molar-refractivity contribution in [1.29, 1.82) is 0 Å². The zero-order valence-electron chi connectivity index (χ0n) is 10.6. The molecule has 1 heterocycles. The molecule has 0 aliphatic rings. The first kappa shape index (κ1) is 13.0. The number of hydrogen-bond acceptors (Lipinski definition) is 4. The summed E-state index contributed by atoms with van der Waals surface area (Å²) < 4.78 is 10.8. The lowest BCUT2D eigenvalue weighted by Gasteiger charge is -2.12. The van der Waals surface area contributed by atoms with Crippen LogP contribution in [0.25, 0.3) is 0 Å². The maximum absolute atomic E-state index is 5.58. The Morgan fingerprint density at radius 3 is 2.81 bits per heavy atom. The van der Waals surface area contributed by atoms with Gasteiger partial charge in [-0.2, -0.15) is 4.98 Å². The van der Waals surface area contributed by atoms with Crippen LogP contribution in [0.4, 0.5) is 0 Å². The largest absolute Gasteiger partial charge is 0.447 e. The molecular weight excluding hydrogens is 204 g/mol. The predicted octanol–water partition coefficient (Wildman–Crippen LogP) is 2.60. The summed E-state index contributed by atoms with van der Waals surface area (Å²) in [6, 6.07) is 0. The Bertz CT molecular complexity index is 297. The van der Waals surface area contributed by atoms with E-state index in [0.717, 1.165) is 25.2 Å². The zero-order chi connectivity index (χ0) is 12.0. The summed E-state index contributed by atoms with van der Waals surface area (Å²) >= 11 is 0. The number of nitrogens with zero attached hydrogens (tertiary/aromatic N) is 1. The van der Waals surface area contributed by atoms with Crippen LogP contribution in [0.15, 0.2) is 10.7 Å². The van der Waals surface area contributed by atoms with Gasteiger partial charge in [-0.1, -0.05) is 20.8 Å². The van der Waals surface area contributed by atoms with Gasteiger partial charge in [-0.25, -0.2) is 0 Å². The van der Waals surface area contributed by atoms with Crippen molar-refractivity contribution in [1.82, 2.24) is 10.3 Å². The Kier molecular flexibility index (Phi) is 5.32. The van der Waals surface area contributed by atoms with Crippen LogP contribution in [0.1, 0.15) is 39.8 Å². The highest BCUT2D eigenvalue weighted by Crippen LogP contribution is 2.15. The molecule has 1 aromatic heterocycles. The molecule has 0 aliphatic carbocycles. The summed E-state index contributed by atoms with van der Waals surface area (Å²) in [6.07, 6.45) is 3.16. The zero-order valence-corrected chi connectivity index (χ0v) is 10.6. The minimum atomic E-state index is 0.144. The summed E-state index contributed by atoms with van der Waals surface area (Å²) in [4.78, 5) is 4.24. The minimum absolute atomic E-state index is 0.144. The van der Waals surface area contributed by atoms with Gasteiger partial charge in [-0.3, -0.25) is 0 Å². The number of rotatable bonds is 7. The normalized spacial score (nSPS) is 13.1. The standard InChI is InChI=1S/C12H22N2O2/c1-5-13-7-11-8-15-12(14-11)16-10(4)6-9(2)3/h8-10,13H,5-7H2,1-4H3. The maximum Gasteiger partial charge on any atom is 0.393 e. The smallest absolute Gasteiger partial charge is 0.393 e. The number of ether oxygens (including phenoxy) is 1. The molecule has 0 fully saturated rings. The van der Waals surface area contributed by atoms with Gasteiger partial charge in [-0.15, -0.1) is 0 Å². The van der Waals surface area contributed by atoms with Crippen molar-refractivity contribution in [2.24, 2.45) is 5.92 Å². The van der Waals surface area contributed by atoms with Gasteiger partial charge in [0.05, 0.1) is 5.69 Å². The van der Waals surface area contributed by atoms with Gasteiger partial charge in [0.1, 0.15) is 12.4 Å². The highest BCUT2D eigenvalue weighted by molar-refractivity contribution is 4.99. The van der Waals surface area contributed by atoms with Crippen LogP contribution in [0.2, 0.25) is 0 Å². The third-order valence-electron chi connectivity index (χ3n) is 2.19.